The molecule has 0 bridgehead atoms. The van der Waals surface area contributed by atoms with Crippen LogP contribution in [0.4, 0.5) is 4.79 Å². The fourth-order valence-corrected chi connectivity index (χ4v) is 4.10. The van der Waals surface area contributed by atoms with Gasteiger partial charge in [0.25, 0.3) is 0 Å². The Bertz CT molecular complexity index is 1100. The lowest BCUT2D eigenvalue weighted by Gasteiger charge is -2.29. The Hall–Kier alpha value is -3.28. The molecule has 1 aromatic heterocycles. The summed E-state index contributed by atoms with van der Waals surface area (Å²) in [6.07, 6.45) is 8.37. The van der Waals surface area contributed by atoms with E-state index in [1.807, 2.05) is 51.4 Å². The van der Waals surface area contributed by atoms with E-state index in [2.05, 4.69) is 12.1 Å². The van der Waals surface area contributed by atoms with Gasteiger partial charge in [-0.2, -0.15) is 0 Å². The molecule has 6 nitrogen and oxygen atoms in total. The SMILES string of the molecule is COc1ccc(-c2cnc3c(c2)C(C2=CN(C(=O)OC(C)(C)C)CCC2)=CC3)cc1OC. The van der Waals surface area contributed by atoms with Crippen molar-refractivity contribution >= 4 is 11.7 Å². The molecule has 2 aliphatic rings. The predicted octanol–water partition coefficient (Wildman–Crippen LogP) is 5.62. The third-order valence-electron chi connectivity index (χ3n) is 5.61. The smallest absolute Gasteiger partial charge is 0.414 e. The summed E-state index contributed by atoms with van der Waals surface area (Å²) in [6, 6.07) is 8.05. The van der Waals surface area contributed by atoms with E-state index in [-0.39, 0.29) is 6.09 Å². The number of hydrogen-bond donors (Lipinski definition) is 0. The second-order valence-electron chi connectivity index (χ2n) is 9.04. The van der Waals surface area contributed by atoms with E-state index in [0.29, 0.717) is 18.0 Å². The van der Waals surface area contributed by atoms with Crippen molar-refractivity contribution in [3.05, 3.63) is 59.6 Å². The number of carbonyl (C=O) groups is 1. The molecule has 0 N–H and O–H groups in total. The van der Waals surface area contributed by atoms with Gasteiger partial charge in [-0.15, -0.1) is 0 Å². The summed E-state index contributed by atoms with van der Waals surface area (Å²) < 4.78 is 16.4. The Labute approximate surface area is 189 Å². The monoisotopic (exact) mass is 434 g/mol. The van der Waals surface area contributed by atoms with Crippen molar-refractivity contribution in [2.24, 2.45) is 0 Å². The summed E-state index contributed by atoms with van der Waals surface area (Å²) >= 11 is 0. The van der Waals surface area contributed by atoms with E-state index in [1.165, 1.54) is 0 Å². The minimum Gasteiger partial charge on any atom is -0.493 e. The van der Waals surface area contributed by atoms with Gasteiger partial charge in [0, 0.05) is 36.5 Å². The van der Waals surface area contributed by atoms with Gasteiger partial charge in [-0.05, 0) is 68.5 Å². The highest BCUT2D eigenvalue weighted by molar-refractivity contribution is 5.86. The van der Waals surface area contributed by atoms with Crippen LogP contribution in [0.15, 0.2) is 48.3 Å². The standard InChI is InChI=1S/C26H30N2O4/c1-26(2,3)32-25(29)28-12-6-7-18(16-28)20-9-10-22-21(20)13-19(15-27-22)17-8-11-23(30-4)24(14-17)31-5/h8-9,11,13-16H,6-7,10,12H2,1-5H3. The molecular weight excluding hydrogens is 404 g/mol. The third-order valence-corrected chi connectivity index (χ3v) is 5.61. The van der Waals surface area contributed by atoms with E-state index in [1.54, 1.807) is 19.1 Å². The molecule has 0 unspecified atom stereocenters. The lowest BCUT2D eigenvalue weighted by Crippen LogP contribution is -2.35. The highest BCUT2D eigenvalue weighted by Gasteiger charge is 2.26. The molecule has 32 heavy (non-hydrogen) atoms. The van der Waals surface area contributed by atoms with Gasteiger partial charge in [-0.25, -0.2) is 4.79 Å². The number of rotatable bonds is 4. The molecule has 1 aromatic carbocycles. The highest BCUT2D eigenvalue weighted by atomic mass is 16.6. The van der Waals surface area contributed by atoms with E-state index in [0.717, 1.165) is 52.8 Å². The van der Waals surface area contributed by atoms with Gasteiger partial charge < -0.3 is 14.2 Å². The molecule has 6 heteroatoms. The first-order valence-electron chi connectivity index (χ1n) is 10.9. The quantitative estimate of drug-likeness (QED) is 0.625. The Kier molecular flexibility index (Phi) is 5.96. The number of benzene rings is 1. The van der Waals surface area contributed by atoms with Crippen molar-refractivity contribution < 1.29 is 19.0 Å². The number of nitrogens with zero attached hydrogens (tertiary/aromatic N) is 2. The van der Waals surface area contributed by atoms with Crippen LogP contribution in [0.1, 0.15) is 44.9 Å². The predicted molar refractivity (Wildman–Crippen MR) is 125 cm³/mol. The van der Waals surface area contributed by atoms with Gasteiger partial charge in [-0.1, -0.05) is 12.1 Å². The summed E-state index contributed by atoms with van der Waals surface area (Å²) in [6.45, 7) is 6.33. The van der Waals surface area contributed by atoms with E-state index < -0.39 is 5.60 Å². The first kappa shape index (κ1) is 21.9. The van der Waals surface area contributed by atoms with Crippen LogP contribution in [0.2, 0.25) is 0 Å². The molecule has 0 saturated heterocycles. The van der Waals surface area contributed by atoms with Gasteiger partial charge in [0.15, 0.2) is 11.5 Å². The molecule has 1 amide bonds. The number of methoxy groups -OCH3 is 2. The number of amides is 1. The van der Waals surface area contributed by atoms with Crippen LogP contribution in [-0.4, -0.2) is 42.3 Å². The maximum Gasteiger partial charge on any atom is 0.414 e. The Morgan fingerprint density at radius 2 is 1.84 bits per heavy atom. The minimum absolute atomic E-state index is 0.300. The lowest BCUT2D eigenvalue weighted by molar-refractivity contribution is 0.0325. The number of pyridine rings is 1. The number of allylic oxidation sites excluding steroid dienone is 3. The van der Waals surface area contributed by atoms with Crippen molar-refractivity contribution in [3.8, 4) is 22.6 Å². The molecule has 4 rings (SSSR count). The minimum atomic E-state index is -0.514. The summed E-state index contributed by atoms with van der Waals surface area (Å²) in [4.78, 5) is 19.0. The Balaban J connectivity index is 1.63. The average molecular weight is 435 g/mol. The topological polar surface area (TPSA) is 60.9 Å². The normalized spacial score (nSPS) is 15.6. The van der Waals surface area contributed by atoms with Crippen molar-refractivity contribution in [1.29, 1.82) is 0 Å². The molecule has 1 aliphatic carbocycles. The van der Waals surface area contributed by atoms with Crippen LogP contribution in [-0.2, 0) is 11.2 Å². The molecule has 2 heterocycles. The van der Waals surface area contributed by atoms with E-state index in [9.17, 15) is 4.79 Å². The van der Waals surface area contributed by atoms with Gasteiger partial charge in [0.2, 0.25) is 0 Å². The number of carbonyl (C=O) groups excluding carboxylic acids is 1. The van der Waals surface area contributed by atoms with E-state index in [4.69, 9.17) is 19.2 Å². The van der Waals surface area contributed by atoms with Crippen LogP contribution in [0.25, 0.3) is 16.7 Å². The van der Waals surface area contributed by atoms with Gasteiger partial charge >= 0.3 is 6.09 Å². The molecule has 0 saturated carbocycles. The van der Waals surface area contributed by atoms with Crippen LogP contribution in [0.3, 0.4) is 0 Å². The van der Waals surface area contributed by atoms with E-state index >= 15 is 0 Å². The van der Waals surface area contributed by atoms with Crippen LogP contribution < -0.4 is 9.47 Å². The molecule has 2 aromatic rings. The van der Waals surface area contributed by atoms with Crippen molar-refractivity contribution in [2.45, 2.75) is 45.6 Å². The van der Waals surface area contributed by atoms with Gasteiger partial charge in [0.1, 0.15) is 5.60 Å². The molecular formula is C26H30N2O4. The Morgan fingerprint density at radius 3 is 2.56 bits per heavy atom. The van der Waals surface area contributed by atoms with Crippen LogP contribution in [0.5, 0.6) is 11.5 Å². The molecule has 168 valence electrons. The Morgan fingerprint density at radius 1 is 1.06 bits per heavy atom. The summed E-state index contributed by atoms with van der Waals surface area (Å²) in [5.74, 6) is 1.38. The molecule has 0 fully saturated rings. The van der Waals surface area contributed by atoms with Gasteiger partial charge in [0.05, 0.1) is 19.9 Å². The fourth-order valence-electron chi connectivity index (χ4n) is 4.10. The molecule has 0 atom stereocenters. The molecule has 1 aliphatic heterocycles. The zero-order valence-corrected chi connectivity index (χ0v) is 19.4. The maximum absolute atomic E-state index is 12.6. The van der Waals surface area contributed by atoms with Crippen LogP contribution >= 0.6 is 0 Å². The summed E-state index contributed by atoms with van der Waals surface area (Å²) in [7, 11) is 3.26. The number of fused-ring (bicyclic) bond motifs is 1. The number of ether oxygens (including phenoxy) is 3. The first-order valence-corrected chi connectivity index (χ1v) is 10.9. The zero-order valence-electron chi connectivity index (χ0n) is 19.4. The second kappa shape index (κ2) is 8.69. The van der Waals surface area contributed by atoms with Gasteiger partial charge in [-0.3, -0.25) is 9.88 Å². The van der Waals surface area contributed by atoms with Crippen molar-refractivity contribution in [3.63, 3.8) is 0 Å². The summed E-state index contributed by atoms with van der Waals surface area (Å²) in [5.41, 5.74) is 5.99. The summed E-state index contributed by atoms with van der Waals surface area (Å²) in [5, 5.41) is 0. The average Bonchev–Trinajstić information content (AvgIpc) is 3.21. The van der Waals surface area contributed by atoms with Crippen molar-refractivity contribution in [1.82, 2.24) is 9.88 Å². The second-order valence-corrected chi connectivity index (χ2v) is 9.04. The van der Waals surface area contributed by atoms with Crippen molar-refractivity contribution in [2.75, 3.05) is 20.8 Å². The highest BCUT2D eigenvalue weighted by Crippen LogP contribution is 2.39. The first-order chi connectivity index (χ1) is 15.3. The van der Waals surface area contributed by atoms with Crippen LogP contribution in [0, 0.1) is 0 Å². The number of aromatic nitrogens is 1. The largest absolute Gasteiger partial charge is 0.493 e. The maximum atomic E-state index is 12.6. The molecule has 0 spiro atoms. The zero-order chi connectivity index (χ0) is 22.9. The fraction of sp³-hybridized carbons (Fsp3) is 0.385. The molecule has 0 radical (unpaired) electrons. The lowest BCUT2D eigenvalue weighted by atomic mass is 9.94. The number of hydrogen-bond acceptors (Lipinski definition) is 5. The third kappa shape index (κ3) is 4.49.